The summed E-state index contributed by atoms with van der Waals surface area (Å²) < 4.78 is 0. The summed E-state index contributed by atoms with van der Waals surface area (Å²) >= 11 is 0. The van der Waals surface area contributed by atoms with Crippen LogP contribution in [0.2, 0.25) is 0 Å². The number of carbonyl (C=O) groups excluding carboxylic acids is 1. The molecule has 1 atom stereocenters. The van der Waals surface area contributed by atoms with Crippen LogP contribution in [0.5, 0.6) is 0 Å². The average molecular weight is 262 g/mol. The van der Waals surface area contributed by atoms with Crippen molar-refractivity contribution in [3.8, 4) is 0 Å². The minimum Gasteiger partial charge on any atom is -0.480 e. The van der Waals surface area contributed by atoms with Crippen LogP contribution in [0.1, 0.15) is 18.4 Å². The van der Waals surface area contributed by atoms with E-state index in [2.05, 4.69) is 5.32 Å². The van der Waals surface area contributed by atoms with Crippen molar-refractivity contribution in [2.75, 3.05) is 7.05 Å². The van der Waals surface area contributed by atoms with Crippen LogP contribution in [0.4, 0.5) is 4.79 Å². The zero-order chi connectivity index (χ0) is 13.8. The first-order valence-corrected chi connectivity index (χ1v) is 6.38. The van der Waals surface area contributed by atoms with Crippen molar-refractivity contribution < 1.29 is 14.7 Å². The van der Waals surface area contributed by atoms with Crippen molar-refractivity contribution in [2.24, 2.45) is 0 Å². The molecule has 0 bridgehead atoms. The van der Waals surface area contributed by atoms with Crippen LogP contribution in [0, 0.1) is 0 Å². The van der Waals surface area contributed by atoms with Crippen molar-refractivity contribution in [1.29, 1.82) is 0 Å². The molecule has 0 aromatic heterocycles. The van der Waals surface area contributed by atoms with Gasteiger partial charge in [-0.15, -0.1) is 0 Å². The van der Waals surface area contributed by atoms with Gasteiger partial charge in [0.15, 0.2) is 0 Å². The van der Waals surface area contributed by atoms with Crippen LogP contribution in [0.3, 0.4) is 0 Å². The molecule has 5 nitrogen and oxygen atoms in total. The molecule has 5 heteroatoms. The third kappa shape index (κ3) is 3.71. The highest BCUT2D eigenvalue weighted by Crippen LogP contribution is 2.25. The molecule has 102 valence electrons. The summed E-state index contributed by atoms with van der Waals surface area (Å²) in [6.07, 6.45) is 2.29. The van der Waals surface area contributed by atoms with Gasteiger partial charge in [0.05, 0.1) is 0 Å². The number of amides is 2. The van der Waals surface area contributed by atoms with Gasteiger partial charge in [0.2, 0.25) is 0 Å². The lowest BCUT2D eigenvalue weighted by Crippen LogP contribution is -2.48. The normalized spacial score (nSPS) is 15.6. The highest BCUT2D eigenvalue weighted by atomic mass is 16.4. The van der Waals surface area contributed by atoms with E-state index in [1.54, 1.807) is 11.9 Å². The maximum absolute atomic E-state index is 11.9. The Morgan fingerprint density at radius 2 is 2.00 bits per heavy atom. The highest BCUT2D eigenvalue weighted by molar-refractivity contribution is 5.83. The molecule has 0 unspecified atom stereocenters. The lowest BCUT2D eigenvalue weighted by Gasteiger charge is -2.21. The number of nitrogens with zero attached hydrogens (tertiary/aromatic N) is 1. The van der Waals surface area contributed by atoms with Gasteiger partial charge in [0.1, 0.15) is 6.04 Å². The lowest BCUT2D eigenvalue weighted by atomic mass is 10.1. The molecular weight excluding hydrogens is 244 g/mol. The van der Waals surface area contributed by atoms with Crippen molar-refractivity contribution in [3.63, 3.8) is 0 Å². The van der Waals surface area contributed by atoms with E-state index in [1.165, 1.54) is 0 Å². The minimum absolute atomic E-state index is 0.270. The van der Waals surface area contributed by atoms with Crippen molar-refractivity contribution in [1.82, 2.24) is 10.2 Å². The van der Waals surface area contributed by atoms with Crippen LogP contribution in [0.15, 0.2) is 30.3 Å². The van der Waals surface area contributed by atoms with E-state index >= 15 is 0 Å². The van der Waals surface area contributed by atoms with E-state index in [-0.39, 0.29) is 12.1 Å². The second-order valence-electron chi connectivity index (χ2n) is 4.87. The SMILES string of the molecule is CN(C(=O)N[C@H](Cc1ccccc1)C(=O)O)C1CC1. The summed E-state index contributed by atoms with van der Waals surface area (Å²) in [7, 11) is 1.70. The molecule has 1 fully saturated rings. The van der Waals surface area contributed by atoms with Crippen LogP contribution in [-0.4, -0.2) is 41.1 Å². The fourth-order valence-electron chi connectivity index (χ4n) is 1.93. The Labute approximate surface area is 112 Å². The zero-order valence-electron chi connectivity index (χ0n) is 10.9. The standard InChI is InChI=1S/C14H18N2O3/c1-16(11-7-8-11)14(19)15-12(13(17)18)9-10-5-3-2-4-6-10/h2-6,11-12H,7-9H2,1H3,(H,15,19)(H,17,18)/t12-/m1/s1. The molecule has 1 saturated carbocycles. The maximum atomic E-state index is 11.9. The van der Waals surface area contributed by atoms with Crippen molar-refractivity contribution in [3.05, 3.63) is 35.9 Å². The molecule has 1 aromatic carbocycles. The molecule has 0 saturated heterocycles. The Morgan fingerprint density at radius 1 is 1.37 bits per heavy atom. The first kappa shape index (κ1) is 13.4. The van der Waals surface area contributed by atoms with Gasteiger partial charge in [-0.2, -0.15) is 0 Å². The summed E-state index contributed by atoms with van der Waals surface area (Å²) in [5.74, 6) is -1.01. The number of rotatable bonds is 5. The van der Waals surface area contributed by atoms with Gasteiger partial charge in [-0.05, 0) is 18.4 Å². The number of urea groups is 1. The summed E-state index contributed by atoms with van der Waals surface area (Å²) in [5.41, 5.74) is 0.893. The minimum atomic E-state index is -1.01. The molecule has 2 amide bonds. The quantitative estimate of drug-likeness (QED) is 0.844. The highest BCUT2D eigenvalue weighted by Gasteiger charge is 2.31. The van der Waals surface area contributed by atoms with E-state index < -0.39 is 12.0 Å². The number of benzene rings is 1. The molecule has 19 heavy (non-hydrogen) atoms. The van der Waals surface area contributed by atoms with Gasteiger partial charge in [0, 0.05) is 19.5 Å². The first-order chi connectivity index (χ1) is 9.08. The van der Waals surface area contributed by atoms with E-state index in [0.717, 1.165) is 18.4 Å². The smallest absolute Gasteiger partial charge is 0.326 e. The number of hydrogen-bond donors (Lipinski definition) is 2. The van der Waals surface area contributed by atoms with Crippen LogP contribution in [-0.2, 0) is 11.2 Å². The molecular formula is C14H18N2O3. The summed E-state index contributed by atoms with van der Waals surface area (Å²) in [4.78, 5) is 24.7. The second-order valence-corrected chi connectivity index (χ2v) is 4.87. The molecule has 1 aliphatic rings. The van der Waals surface area contributed by atoms with E-state index in [4.69, 9.17) is 0 Å². The van der Waals surface area contributed by atoms with Crippen molar-refractivity contribution >= 4 is 12.0 Å². The summed E-state index contributed by atoms with van der Waals surface area (Å²) in [5, 5.41) is 11.8. The second kappa shape index (κ2) is 5.73. The molecule has 2 rings (SSSR count). The van der Waals surface area contributed by atoms with E-state index in [9.17, 15) is 14.7 Å². The van der Waals surface area contributed by atoms with Gasteiger partial charge in [-0.3, -0.25) is 0 Å². The fourth-order valence-corrected chi connectivity index (χ4v) is 1.93. The van der Waals surface area contributed by atoms with Gasteiger partial charge in [-0.1, -0.05) is 30.3 Å². The monoisotopic (exact) mass is 262 g/mol. The molecule has 0 spiro atoms. The van der Waals surface area contributed by atoms with Crippen LogP contribution in [0.25, 0.3) is 0 Å². The Balaban J connectivity index is 1.96. The molecule has 0 aliphatic heterocycles. The van der Waals surface area contributed by atoms with Crippen molar-refractivity contribution in [2.45, 2.75) is 31.3 Å². The Kier molecular flexibility index (Phi) is 4.04. The predicted octanol–water partition coefficient (Wildman–Crippen LogP) is 1.49. The zero-order valence-corrected chi connectivity index (χ0v) is 10.9. The third-order valence-electron chi connectivity index (χ3n) is 3.29. The number of nitrogens with one attached hydrogen (secondary N) is 1. The van der Waals surface area contributed by atoms with Crippen LogP contribution >= 0.6 is 0 Å². The molecule has 1 aliphatic carbocycles. The summed E-state index contributed by atoms with van der Waals surface area (Å²) in [6, 6.07) is 8.35. The van der Waals surface area contributed by atoms with E-state index in [0.29, 0.717) is 6.42 Å². The summed E-state index contributed by atoms with van der Waals surface area (Å²) in [6.45, 7) is 0. The molecule has 0 heterocycles. The number of carbonyl (C=O) groups is 2. The molecule has 2 N–H and O–H groups in total. The van der Waals surface area contributed by atoms with Gasteiger partial charge < -0.3 is 15.3 Å². The lowest BCUT2D eigenvalue weighted by molar-refractivity contribution is -0.139. The third-order valence-corrected chi connectivity index (χ3v) is 3.29. The Bertz CT molecular complexity index is 457. The number of carboxylic acid groups (broad SMARTS) is 1. The maximum Gasteiger partial charge on any atom is 0.326 e. The molecule has 1 aromatic rings. The predicted molar refractivity (Wildman–Crippen MR) is 70.9 cm³/mol. The average Bonchev–Trinajstić information content (AvgIpc) is 3.22. The number of carboxylic acids is 1. The Hall–Kier alpha value is -2.04. The fraction of sp³-hybridized carbons (Fsp3) is 0.429. The first-order valence-electron chi connectivity index (χ1n) is 6.38. The van der Waals surface area contributed by atoms with Gasteiger partial charge >= 0.3 is 12.0 Å². The van der Waals surface area contributed by atoms with Crippen LogP contribution < -0.4 is 5.32 Å². The van der Waals surface area contributed by atoms with Gasteiger partial charge in [0.25, 0.3) is 0 Å². The largest absolute Gasteiger partial charge is 0.480 e. The van der Waals surface area contributed by atoms with Gasteiger partial charge in [-0.25, -0.2) is 9.59 Å². The topological polar surface area (TPSA) is 69.6 Å². The molecule has 0 radical (unpaired) electrons. The number of hydrogen-bond acceptors (Lipinski definition) is 2. The number of aliphatic carboxylic acids is 1. The van der Waals surface area contributed by atoms with E-state index in [1.807, 2.05) is 30.3 Å². The Morgan fingerprint density at radius 3 is 2.53 bits per heavy atom.